The molecule has 0 aromatic heterocycles. The van der Waals surface area contributed by atoms with Crippen molar-refractivity contribution >= 4 is 33.6 Å². The van der Waals surface area contributed by atoms with Crippen LogP contribution in [0, 0.1) is 5.92 Å². The van der Waals surface area contributed by atoms with Gasteiger partial charge in [-0.15, -0.1) is 0 Å². The van der Waals surface area contributed by atoms with Crippen molar-refractivity contribution in [2.24, 2.45) is 5.92 Å². The number of nitrogens with zero attached hydrogens (tertiary/aromatic N) is 2. The summed E-state index contributed by atoms with van der Waals surface area (Å²) in [4.78, 5) is 27.3. The molecule has 2 aliphatic heterocycles. The SMILES string of the molecule is O=C(O)C1CCN(C(=O)NC2CCN(c3ccc(Br)cc3)C2)CC1. The lowest BCUT2D eigenvalue weighted by molar-refractivity contribution is -0.143. The zero-order valence-electron chi connectivity index (χ0n) is 13.4. The number of hydrogen-bond acceptors (Lipinski definition) is 3. The lowest BCUT2D eigenvalue weighted by atomic mass is 9.97. The Balaban J connectivity index is 1.48. The van der Waals surface area contributed by atoms with Crippen LogP contribution in [0.5, 0.6) is 0 Å². The number of carboxylic acids is 1. The first kappa shape index (κ1) is 17.1. The Bertz CT molecular complexity index is 600. The van der Waals surface area contributed by atoms with E-state index in [1.54, 1.807) is 4.90 Å². The molecular formula is C17H22BrN3O3. The van der Waals surface area contributed by atoms with Gasteiger partial charge < -0.3 is 20.2 Å². The summed E-state index contributed by atoms with van der Waals surface area (Å²) in [6, 6.07) is 8.26. The Morgan fingerprint density at radius 3 is 2.38 bits per heavy atom. The monoisotopic (exact) mass is 395 g/mol. The van der Waals surface area contributed by atoms with Gasteiger partial charge in [0.25, 0.3) is 0 Å². The molecule has 3 rings (SSSR count). The van der Waals surface area contributed by atoms with Crippen molar-refractivity contribution in [3.05, 3.63) is 28.7 Å². The fourth-order valence-electron chi connectivity index (χ4n) is 3.36. The number of amides is 2. The number of carboxylic acid groups (broad SMARTS) is 1. The van der Waals surface area contributed by atoms with E-state index in [2.05, 4.69) is 38.3 Å². The maximum absolute atomic E-state index is 12.4. The van der Waals surface area contributed by atoms with Gasteiger partial charge in [0, 0.05) is 42.4 Å². The quantitative estimate of drug-likeness (QED) is 0.824. The third-order valence-electron chi connectivity index (χ3n) is 4.84. The number of halogens is 1. The van der Waals surface area contributed by atoms with Gasteiger partial charge in [0.2, 0.25) is 0 Å². The number of hydrogen-bond donors (Lipinski definition) is 2. The van der Waals surface area contributed by atoms with Crippen LogP contribution in [0.15, 0.2) is 28.7 Å². The summed E-state index contributed by atoms with van der Waals surface area (Å²) in [6.07, 6.45) is 2.00. The predicted octanol–water partition coefficient (Wildman–Crippen LogP) is 2.53. The number of likely N-dealkylation sites (tertiary alicyclic amines) is 1. The van der Waals surface area contributed by atoms with Gasteiger partial charge in [-0.1, -0.05) is 15.9 Å². The summed E-state index contributed by atoms with van der Waals surface area (Å²) in [5, 5.41) is 12.1. The molecule has 2 heterocycles. The van der Waals surface area contributed by atoms with Crippen molar-refractivity contribution in [2.45, 2.75) is 25.3 Å². The first-order chi connectivity index (χ1) is 11.5. The molecule has 2 fully saturated rings. The van der Waals surface area contributed by atoms with E-state index in [9.17, 15) is 9.59 Å². The van der Waals surface area contributed by atoms with Crippen molar-refractivity contribution in [3.8, 4) is 0 Å². The number of anilines is 1. The number of piperidine rings is 1. The van der Waals surface area contributed by atoms with Crippen molar-refractivity contribution in [1.82, 2.24) is 10.2 Å². The third-order valence-corrected chi connectivity index (χ3v) is 5.37. The summed E-state index contributed by atoms with van der Waals surface area (Å²) < 4.78 is 1.06. The fourth-order valence-corrected chi connectivity index (χ4v) is 3.62. The standard InChI is InChI=1S/C17H22BrN3O3/c18-13-1-3-15(4-2-13)21-10-7-14(11-21)19-17(24)20-8-5-12(6-9-20)16(22)23/h1-4,12,14H,5-11H2,(H,19,24)(H,22,23). The van der Waals surface area contributed by atoms with Crippen LogP contribution in [-0.4, -0.2) is 54.2 Å². The average molecular weight is 396 g/mol. The number of nitrogens with one attached hydrogen (secondary N) is 1. The molecule has 24 heavy (non-hydrogen) atoms. The number of carbonyl (C=O) groups is 2. The molecule has 0 radical (unpaired) electrons. The molecule has 2 saturated heterocycles. The topological polar surface area (TPSA) is 72.9 Å². The van der Waals surface area contributed by atoms with Crippen LogP contribution < -0.4 is 10.2 Å². The average Bonchev–Trinajstić information content (AvgIpc) is 3.04. The van der Waals surface area contributed by atoms with E-state index < -0.39 is 5.97 Å². The molecule has 7 heteroatoms. The van der Waals surface area contributed by atoms with E-state index in [1.807, 2.05) is 12.1 Å². The molecule has 1 unspecified atom stereocenters. The molecule has 0 bridgehead atoms. The first-order valence-electron chi connectivity index (χ1n) is 8.31. The number of aliphatic carboxylic acids is 1. The molecular weight excluding hydrogens is 374 g/mol. The number of urea groups is 1. The van der Waals surface area contributed by atoms with Gasteiger partial charge in [0.1, 0.15) is 0 Å². The summed E-state index contributed by atoms with van der Waals surface area (Å²) >= 11 is 3.44. The molecule has 2 aliphatic rings. The van der Waals surface area contributed by atoms with Crippen LogP contribution in [0.3, 0.4) is 0 Å². The Morgan fingerprint density at radius 2 is 1.75 bits per heavy atom. The molecule has 0 spiro atoms. The van der Waals surface area contributed by atoms with E-state index in [4.69, 9.17) is 5.11 Å². The first-order valence-corrected chi connectivity index (χ1v) is 9.11. The van der Waals surface area contributed by atoms with Crippen LogP contribution in [0.2, 0.25) is 0 Å². The molecule has 2 amide bonds. The zero-order valence-corrected chi connectivity index (χ0v) is 15.0. The van der Waals surface area contributed by atoms with Gasteiger partial charge in [-0.05, 0) is 43.5 Å². The van der Waals surface area contributed by atoms with Crippen molar-refractivity contribution in [3.63, 3.8) is 0 Å². The summed E-state index contributed by atoms with van der Waals surface area (Å²) in [6.45, 7) is 2.77. The van der Waals surface area contributed by atoms with Crippen LogP contribution in [0.25, 0.3) is 0 Å². The minimum atomic E-state index is -0.754. The van der Waals surface area contributed by atoms with Gasteiger partial charge in [-0.25, -0.2) is 4.79 Å². The second-order valence-electron chi connectivity index (χ2n) is 6.46. The zero-order chi connectivity index (χ0) is 17.1. The van der Waals surface area contributed by atoms with Crippen LogP contribution in [0.4, 0.5) is 10.5 Å². The van der Waals surface area contributed by atoms with Crippen LogP contribution in [-0.2, 0) is 4.79 Å². The molecule has 0 saturated carbocycles. The smallest absolute Gasteiger partial charge is 0.317 e. The van der Waals surface area contributed by atoms with Crippen LogP contribution >= 0.6 is 15.9 Å². The van der Waals surface area contributed by atoms with Gasteiger partial charge in [0.05, 0.1) is 5.92 Å². The largest absolute Gasteiger partial charge is 0.481 e. The minimum absolute atomic E-state index is 0.0681. The highest BCUT2D eigenvalue weighted by Gasteiger charge is 2.29. The molecule has 1 aromatic rings. The highest BCUT2D eigenvalue weighted by Crippen LogP contribution is 2.23. The van der Waals surface area contributed by atoms with Crippen molar-refractivity contribution in [1.29, 1.82) is 0 Å². The van der Waals surface area contributed by atoms with E-state index in [0.29, 0.717) is 25.9 Å². The molecule has 130 valence electrons. The second-order valence-corrected chi connectivity index (χ2v) is 7.37. The van der Waals surface area contributed by atoms with Gasteiger partial charge in [-0.2, -0.15) is 0 Å². The Hall–Kier alpha value is -1.76. The number of carbonyl (C=O) groups excluding carboxylic acids is 1. The van der Waals surface area contributed by atoms with E-state index in [0.717, 1.165) is 29.7 Å². The van der Waals surface area contributed by atoms with Crippen LogP contribution in [0.1, 0.15) is 19.3 Å². The summed E-state index contributed by atoms with van der Waals surface area (Å²) in [7, 11) is 0. The Kier molecular flexibility index (Phi) is 5.28. The highest BCUT2D eigenvalue weighted by atomic mass is 79.9. The second kappa shape index (κ2) is 7.42. The van der Waals surface area contributed by atoms with E-state index in [-0.39, 0.29) is 18.0 Å². The van der Waals surface area contributed by atoms with Gasteiger partial charge in [-0.3, -0.25) is 4.79 Å². The van der Waals surface area contributed by atoms with E-state index in [1.165, 1.54) is 0 Å². The molecule has 1 aromatic carbocycles. The third kappa shape index (κ3) is 4.01. The lowest BCUT2D eigenvalue weighted by Crippen LogP contribution is -2.49. The van der Waals surface area contributed by atoms with Crippen molar-refractivity contribution in [2.75, 3.05) is 31.1 Å². The normalized spacial score (nSPS) is 21.8. The fraction of sp³-hybridized carbons (Fsp3) is 0.529. The maximum atomic E-state index is 12.4. The van der Waals surface area contributed by atoms with Gasteiger partial charge in [0.15, 0.2) is 0 Å². The number of benzene rings is 1. The lowest BCUT2D eigenvalue weighted by Gasteiger charge is -2.31. The molecule has 6 nitrogen and oxygen atoms in total. The van der Waals surface area contributed by atoms with Crippen molar-refractivity contribution < 1.29 is 14.7 Å². The molecule has 2 N–H and O–H groups in total. The van der Waals surface area contributed by atoms with Gasteiger partial charge >= 0.3 is 12.0 Å². The highest BCUT2D eigenvalue weighted by molar-refractivity contribution is 9.10. The van der Waals surface area contributed by atoms with E-state index >= 15 is 0 Å². The molecule has 0 aliphatic carbocycles. The minimum Gasteiger partial charge on any atom is -0.481 e. The summed E-state index contributed by atoms with van der Waals surface area (Å²) in [5.74, 6) is -1.07. The Labute approximate surface area is 149 Å². The predicted molar refractivity (Wildman–Crippen MR) is 95.2 cm³/mol. The summed E-state index contributed by atoms with van der Waals surface area (Å²) in [5.41, 5.74) is 1.16. The maximum Gasteiger partial charge on any atom is 0.317 e. The molecule has 1 atom stereocenters. The Morgan fingerprint density at radius 1 is 1.08 bits per heavy atom. The number of rotatable bonds is 3.